The van der Waals surface area contributed by atoms with Gasteiger partial charge in [0, 0.05) is 12.1 Å². The summed E-state index contributed by atoms with van der Waals surface area (Å²) in [7, 11) is 1.41. The van der Waals surface area contributed by atoms with Crippen LogP contribution in [-0.2, 0) is 17.8 Å². The van der Waals surface area contributed by atoms with Gasteiger partial charge in [-0.1, -0.05) is 36.4 Å². The predicted molar refractivity (Wildman–Crippen MR) is 156 cm³/mol. The molecule has 1 heterocycles. The zero-order valence-electron chi connectivity index (χ0n) is 23.4. The molecule has 2 amide bonds. The summed E-state index contributed by atoms with van der Waals surface area (Å²) < 4.78 is 5.19. The van der Waals surface area contributed by atoms with Crippen LogP contribution in [0.25, 0.3) is 0 Å². The number of aryl methyl sites for hydroxylation is 2. The molecule has 0 saturated carbocycles. The van der Waals surface area contributed by atoms with Gasteiger partial charge in [0.1, 0.15) is 17.1 Å². The molecule has 0 aliphatic carbocycles. The van der Waals surface area contributed by atoms with Crippen LogP contribution >= 0.6 is 0 Å². The lowest BCUT2D eigenvalue weighted by atomic mass is 9.93. The topological polar surface area (TPSA) is 160 Å². The fourth-order valence-corrected chi connectivity index (χ4v) is 5.10. The lowest BCUT2D eigenvalue weighted by Crippen LogP contribution is -2.48. The monoisotopic (exact) mass is 557 g/mol. The number of nitrogens with one attached hydrogen (secondary N) is 1. The molecule has 0 bridgehead atoms. The summed E-state index contributed by atoms with van der Waals surface area (Å²) in [5.41, 5.74) is 16.6. The quantitative estimate of drug-likeness (QED) is 0.282. The number of benzene rings is 3. The molecule has 1 unspecified atom stereocenters. The van der Waals surface area contributed by atoms with Crippen LogP contribution < -0.4 is 21.5 Å². The summed E-state index contributed by atoms with van der Waals surface area (Å²) >= 11 is 0. The predicted octanol–water partition coefficient (Wildman–Crippen LogP) is 2.75. The van der Waals surface area contributed by atoms with E-state index in [0.717, 1.165) is 22.3 Å². The molecule has 0 fully saturated rings. The fraction of sp³-hybridized carbons (Fsp3) is 0.290. The smallest absolute Gasteiger partial charge is 0.339 e. The number of amides is 2. The number of carbonyl (C=O) groups excluding carboxylic acids is 2. The summed E-state index contributed by atoms with van der Waals surface area (Å²) in [6, 6.07) is 17.2. The Morgan fingerprint density at radius 3 is 2.37 bits per heavy atom. The number of amidine groups is 1. The molecule has 0 spiro atoms. The molecule has 0 saturated heterocycles. The maximum atomic E-state index is 13.8. The first-order chi connectivity index (χ1) is 19.6. The first-order valence-corrected chi connectivity index (χ1v) is 13.3. The molecule has 2 atom stereocenters. The Morgan fingerprint density at radius 2 is 1.76 bits per heavy atom. The molecule has 0 aromatic heterocycles. The van der Waals surface area contributed by atoms with Crippen molar-refractivity contribution >= 4 is 23.6 Å². The second-order valence-electron chi connectivity index (χ2n) is 10.2. The standard InChI is InChI=1S/C31H35N5O5/c1-18-11-22(29(33)37)12-19(2)23(18)14-25(32)30(38)36(16-20-9-10-27(41-3)24(13-20)31(39)40)17-28-34-15-26(35-28)21-7-5-4-6-8-21/h4-13,25-26H,14-17,32H2,1-3H3,(H2,33,37)(H,34,35)(H,39,40)/t25-,26?/m0/s1. The normalized spacial score (nSPS) is 15.0. The Kier molecular flexibility index (Phi) is 9.04. The number of methoxy groups -OCH3 is 1. The highest BCUT2D eigenvalue weighted by Crippen LogP contribution is 2.23. The molecular weight excluding hydrogens is 522 g/mol. The van der Waals surface area contributed by atoms with Crippen LogP contribution in [0.3, 0.4) is 0 Å². The SMILES string of the molecule is COc1ccc(CN(CC2=NCC(c3ccccc3)N2)C(=O)[C@@H](N)Cc2c(C)cc(C(N)=O)cc2C)cc1C(=O)O. The zero-order valence-corrected chi connectivity index (χ0v) is 23.4. The van der Waals surface area contributed by atoms with Gasteiger partial charge in [-0.3, -0.25) is 14.6 Å². The largest absolute Gasteiger partial charge is 0.496 e. The Labute approximate surface area is 239 Å². The van der Waals surface area contributed by atoms with Crippen molar-refractivity contribution in [1.82, 2.24) is 10.2 Å². The third-order valence-electron chi connectivity index (χ3n) is 7.25. The van der Waals surface area contributed by atoms with Crippen molar-refractivity contribution in [3.63, 3.8) is 0 Å². The van der Waals surface area contributed by atoms with E-state index in [4.69, 9.17) is 16.2 Å². The van der Waals surface area contributed by atoms with Crippen LogP contribution in [0.5, 0.6) is 5.75 Å². The van der Waals surface area contributed by atoms with Gasteiger partial charge in [-0.15, -0.1) is 0 Å². The summed E-state index contributed by atoms with van der Waals surface area (Å²) in [5.74, 6) is -1.09. The number of nitrogens with zero attached hydrogens (tertiary/aromatic N) is 2. The van der Waals surface area contributed by atoms with Crippen LogP contribution in [0.2, 0.25) is 0 Å². The van der Waals surface area contributed by atoms with Crippen molar-refractivity contribution in [2.45, 2.75) is 38.9 Å². The van der Waals surface area contributed by atoms with Crippen molar-refractivity contribution in [3.8, 4) is 5.75 Å². The average Bonchev–Trinajstić information content (AvgIpc) is 3.43. The Hall–Kier alpha value is -4.70. The Morgan fingerprint density at radius 1 is 1.07 bits per heavy atom. The molecule has 1 aliphatic heterocycles. The third kappa shape index (κ3) is 6.90. The summed E-state index contributed by atoms with van der Waals surface area (Å²) in [5, 5.41) is 13.1. The van der Waals surface area contributed by atoms with Crippen LogP contribution in [0.15, 0.2) is 65.7 Å². The maximum absolute atomic E-state index is 13.8. The first-order valence-electron chi connectivity index (χ1n) is 13.3. The molecule has 10 heteroatoms. The number of carbonyl (C=O) groups is 3. The molecular formula is C31H35N5O5. The minimum Gasteiger partial charge on any atom is -0.496 e. The first kappa shape index (κ1) is 29.3. The van der Waals surface area contributed by atoms with E-state index in [9.17, 15) is 19.5 Å². The molecule has 1 aliphatic rings. The Balaban J connectivity index is 1.58. The highest BCUT2D eigenvalue weighted by atomic mass is 16.5. The summed E-state index contributed by atoms with van der Waals surface area (Å²) in [6.07, 6.45) is 0.252. The van der Waals surface area contributed by atoms with Gasteiger partial charge >= 0.3 is 5.97 Å². The number of primary amides is 1. The third-order valence-corrected chi connectivity index (χ3v) is 7.25. The number of carboxylic acids is 1. The maximum Gasteiger partial charge on any atom is 0.339 e. The van der Waals surface area contributed by atoms with Gasteiger partial charge in [-0.25, -0.2) is 4.79 Å². The second kappa shape index (κ2) is 12.6. The van der Waals surface area contributed by atoms with Crippen molar-refractivity contribution < 1.29 is 24.2 Å². The lowest BCUT2D eigenvalue weighted by molar-refractivity contribution is -0.132. The molecule has 4 rings (SSSR count). The Bertz CT molecular complexity index is 1460. The average molecular weight is 558 g/mol. The van der Waals surface area contributed by atoms with E-state index in [2.05, 4.69) is 10.3 Å². The minimum atomic E-state index is -1.13. The van der Waals surface area contributed by atoms with Gasteiger partial charge in [0.05, 0.1) is 32.3 Å². The van der Waals surface area contributed by atoms with E-state index in [1.807, 2.05) is 44.2 Å². The number of hydrogen-bond donors (Lipinski definition) is 4. The molecule has 41 heavy (non-hydrogen) atoms. The molecule has 6 N–H and O–H groups in total. The molecule has 214 valence electrons. The number of aromatic carboxylic acids is 1. The highest BCUT2D eigenvalue weighted by molar-refractivity contribution is 5.94. The van der Waals surface area contributed by atoms with Crippen LogP contribution in [0.1, 0.15) is 54.6 Å². The van der Waals surface area contributed by atoms with E-state index in [1.54, 1.807) is 29.2 Å². The number of hydrogen-bond acceptors (Lipinski definition) is 7. The van der Waals surface area contributed by atoms with Gasteiger partial charge < -0.3 is 31.5 Å². The molecule has 0 radical (unpaired) electrons. The van der Waals surface area contributed by atoms with Crippen molar-refractivity contribution in [1.29, 1.82) is 0 Å². The number of carboxylic acid groups (broad SMARTS) is 1. The van der Waals surface area contributed by atoms with E-state index in [0.29, 0.717) is 23.5 Å². The highest BCUT2D eigenvalue weighted by Gasteiger charge is 2.27. The van der Waals surface area contributed by atoms with Crippen molar-refractivity contribution in [3.05, 3.63) is 99.6 Å². The van der Waals surface area contributed by atoms with E-state index >= 15 is 0 Å². The van der Waals surface area contributed by atoms with E-state index in [1.165, 1.54) is 13.2 Å². The molecule has 3 aromatic carbocycles. The number of nitrogens with two attached hydrogens (primary N) is 2. The summed E-state index contributed by atoms with van der Waals surface area (Å²) in [4.78, 5) is 43.5. The van der Waals surface area contributed by atoms with Crippen LogP contribution in [0.4, 0.5) is 0 Å². The molecule has 3 aromatic rings. The second-order valence-corrected chi connectivity index (χ2v) is 10.2. The fourth-order valence-electron chi connectivity index (χ4n) is 5.10. The molecule has 10 nitrogen and oxygen atoms in total. The minimum absolute atomic E-state index is 0.00274. The van der Waals surface area contributed by atoms with Gasteiger partial charge in [0.25, 0.3) is 0 Å². The van der Waals surface area contributed by atoms with Crippen LogP contribution in [0, 0.1) is 13.8 Å². The van der Waals surface area contributed by atoms with Crippen molar-refractivity contribution in [2.24, 2.45) is 16.5 Å². The van der Waals surface area contributed by atoms with E-state index < -0.39 is 17.9 Å². The zero-order chi connectivity index (χ0) is 29.7. The van der Waals surface area contributed by atoms with Gasteiger partial charge in [0.2, 0.25) is 11.8 Å². The summed E-state index contributed by atoms with van der Waals surface area (Å²) in [6.45, 7) is 4.53. The number of ether oxygens (including phenoxy) is 1. The number of rotatable bonds is 11. The van der Waals surface area contributed by atoms with E-state index in [-0.39, 0.29) is 42.8 Å². The van der Waals surface area contributed by atoms with Crippen LogP contribution in [-0.4, -0.2) is 59.9 Å². The van der Waals surface area contributed by atoms with Gasteiger partial charge in [-0.05, 0) is 72.4 Å². The van der Waals surface area contributed by atoms with Gasteiger partial charge in [0.15, 0.2) is 0 Å². The number of aliphatic imine (C=N–C) groups is 1. The lowest BCUT2D eigenvalue weighted by Gasteiger charge is -2.27. The van der Waals surface area contributed by atoms with Gasteiger partial charge in [-0.2, -0.15) is 0 Å². The van der Waals surface area contributed by atoms with Crippen molar-refractivity contribution in [2.75, 3.05) is 20.2 Å².